The van der Waals surface area contributed by atoms with Gasteiger partial charge in [0.2, 0.25) is 0 Å². The van der Waals surface area contributed by atoms with Gasteiger partial charge in [-0.15, -0.1) is 0 Å². The summed E-state index contributed by atoms with van der Waals surface area (Å²) in [7, 11) is 0. The van der Waals surface area contributed by atoms with Crippen molar-refractivity contribution in [3.8, 4) is 5.69 Å². The van der Waals surface area contributed by atoms with Crippen molar-refractivity contribution in [1.29, 1.82) is 0 Å². The van der Waals surface area contributed by atoms with Gasteiger partial charge in [-0.1, -0.05) is 13.8 Å². The van der Waals surface area contributed by atoms with Crippen molar-refractivity contribution in [2.24, 2.45) is 11.7 Å². The molecule has 0 aliphatic heterocycles. The predicted octanol–water partition coefficient (Wildman–Crippen LogP) is 3.02. The smallest absolute Gasteiger partial charge is 0.126 e. The van der Waals surface area contributed by atoms with Gasteiger partial charge in [0, 0.05) is 30.0 Å². The molecule has 2 rings (SSSR count). The number of hydrogen-bond acceptors (Lipinski definition) is 2. The van der Waals surface area contributed by atoms with Crippen molar-refractivity contribution in [3.05, 3.63) is 47.8 Å². The highest BCUT2D eigenvalue weighted by Gasteiger charge is 2.19. The zero-order valence-electron chi connectivity index (χ0n) is 11.6. The molecule has 19 heavy (non-hydrogen) atoms. The van der Waals surface area contributed by atoms with Gasteiger partial charge in [-0.2, -0.15) is 0 Å². The molecule has 102 valence electrons. The van der Waals surface area contributed by atoms with E-state index in [1.807, 2.05) is 16.8 Å². The first-order chi connectivity index (χ1) is 9.04. The lowest BCUT2D eigenvalue weighted by Gasteiger charge is -2.20. The first-order valence-electron chi connectivity index (χ1n) is 6.53. The topological polar surface area (TPSA) is 43.8 Å². The summed E-state index contributed by atoms with van der Waals surface area (Å²) in [4.78, 5) is 4.22. The van der Waals surface area contributed by atoms with E-state index in [0.717, 1.165) is 11.4 Å². The van der Waals surface area contributed by atoms with Crippen molar-refractivity contribution in [3.63, 3.8) is 0 Å². The highest BCUT2D eigenvalue weighted by atomic mass is 19.1. The fourth-order valence-corrected chi connectivity index (χ4v) is 2.31. The number of nitrogens with two attached hydrogens (primary N) is 1. The number of hydrogen-bond donors (Lipinski definition) is 1. The summed E-state index contributed by atoms with van der Waals surface area (Å²) in [5.41, 5.74) is 8.49. The Labute approximate surface area is 113 Å². The van der Waals surface area contributed by atoms with Gasteiger partial charge in [-0.3, -0.25) is 0 Å². The van der Waals surface area contributed by atoms with Crippen LogP contribution in [0.1, 0.15) is 31.0 Å². The van der Waals surface area contributed by atoms with Gasteiger partial charge in [-0.25, -0.2) is 9.37 Å². The van der Waals surface area contributed by atoms with Crippen molar-refractivity contribution in [2.45, 2.75) is 26.7 Å². The lowest BCUT2D eigenvalue weighted by molar-refractivity contribution is 0.489. The lowest BCUT2D eigenvalue weighted by atomic mass is 9.93. The van der Waals surface area contributed by atoms with Crippen LogP contribution in [-0.2, 0) is 0 Å². The van der Waals surface area contributed by atoms with Gasteiger partial charge in [0.25, 0.3) is 0 Å². The molecule has 0 saturated carbocycles. The van der Waals surface area contributed by atoms with Crippen molar-refractivity contribution in [2.75, 3.05) is 6.54 Å². The van der Waals surface area contributed by atoms with E-state index >= 15 is 0 Å². The van der Waals surface area contributed by atoms with Crippen LogP contribution < -0.4 is 5.73 Å². The zero-order chi connectivity index (χ0) is 14.0. The Morgan fingerprint density at radius 2 is 2.11 bits per heavy atom. The molecule has 0 saturated heterocycles. The number of halogens is 1. The van der Waals surface area contributed by atoms with Crippen LogP contribution in [0.4, 0.5) is 4.39 Å². The second-order valence-corrected chi connectivity index (χ2v) is 5.21. The molecule has 4 heteroatoms. The van der Waals surface area contributed by atoms with Crippen molar-refractivity contribution in [1.82, 2.24) is 9.55 Å². The molecule has 3 nitrogen and oxygen atoms in total. The number of nitrogens with zero attached hydrogens (tertiary/aromatic N) is 2. The average molecular weight is 261 g/mol. The molecule has 1 unspecified atom stereocenters. The monoisotopic (exact) mass is 261 g/mol. The van der Waals surface area contributed by atoms with E-state index in [2.05, 4.69) is 18.8 Å². The van der Waals surface area contributed by atoms with Gasteiger partial charge in [0.15, 0.2) is 0 Å². The van der Waals surface area contributed by atoms with Crippen LogP contribution in [0.2, 0.25) is 0 Å². The van der Waals surface area contributed by atoms with Crippen LogP contribution in [0.3, 0.4) is 0 Å². The van der Waals surface area contributed by atoms with E-state index < -0.39 is 0 Å². The highest BCUT2D eigenvalue weighted by Crippen LogP contribution is 2.26. The van der Waals surface area contributed by atoms with Crippen molar-refractivity contribution < 1.29 is 4.39 Å². The van der Waals surface area contributed by atoms with Crippen LogP contribution in [0, 0.1) is 18.7 Å². The molecular formula is C15H20FN3. The molecule has 0 amide bonds. The first kappa shape index (κ1) is 13.7. The lowest BCUT2D eigenvalue weighted by Crippen LogP contribution is -2.20. The number of aryl methyl sites for hydroxylation is 1. The molecule has 1 atom stereocenters. The highest BCUT2D eigenvalue weighted by molar-refractivity contribution is 5.38. The number of rotatable bonds is 4. The predicted molar refractivity (Wildman–Crippen MR) is 74.9 cm³/mol. The van der Waals surface area contributed by atoms with Crippen LogP contribution in [0.5, 0.6) is 0 Å². The summed E-state index contributed by atoms with van der Waals surface area (Å²) >= 11 is 0. The molecular weight excluding hydrogens is 241 g/mol. The average Bonchev–Trinajstić information content (AvgIpc) is 2.82. The minimum atomic E-state index is -0.190. The Kier molecular flexibility index (Phi) is 4.00. The summed E-state index contributed by atoms with van der Waals surface area (Å²) in [6.07, 6.45) is 3.60. The molecule has 2 aromatic rings. The third-order valence-electron chi connectivity index (χ3n) is 3.53. The molecule has 0 aliphatic rings. The Hall–Kier alpha value is -1.68. The molecule has 0 fully saturated rings. The summed E-state index contributed by atoms with van der Waals surface area (Å²) in [5.74, 6) is 0.486. The number of aromatic nitrogens is 2. The van der Waals surface area contributed by atoms with E-state index in [1.165, 1.54) is 6.07 Å². The Balaban J connectivity index is 2.46. The fourth-order valence-electron chi connectivity index (χ4n) is 2.31. The molecule has 0 bridgehead atoms. The third kappa shape index (κ3) is 2.68. The zero-order valence-corrected chi connectivity index (χ0v) is 11.6. The third-order valence-corrected chi connectivity index (χ3v) is 3.53. The van der Waals surface area contributed by atoms with E-state index in [9.17, 15) is 4.39 Å². The molecule has 1 aromatic carbocycles. The Bertz CT molecular complexity index is 560. The molecule has 0 radical (unpaired) electrons. The van der Waals surface area contributed by atoms with Gasteiger partial charge >= 0.3 is 0 Å². The van der Waals surface area contributed by atoms with Crippen LogP contribution in [0.25, 0.3) is 5.69 Å². The van der Waals surface area contributed by atoms with E-state index in [1.54, 1.807) is 19.3 Å². The van der Waals surface area contributed by atoms with E-state index in [4.69, 9.17) is 5.73 Å². The summed E-state index contributed by atoms with van der Waals surface area (Å²) in [6, 6.07) is 5.08. The number of imidazole rings is 1. The van der Waals surface area contributed by atoms with E-state index in [-0.39, 0.29) is 11.7 Å². The minimum Gasteiger partial charge on any atom is -0.330 e. The summed E-state index contributed by atoms with van der Waals surface area (Å²) < 4.78 is 15.3. The summed E-state index contributed by atoms with van der Waals surface area (Å²) in [5, 5.41) is 0. The quantitative estimate of drug-likeness (QED) is 0.919. The molecule has 2 N–H and O–H groups in total. The molecule has 0 spiro atoms. The maximum absolute atomic E-state index is 13.3. The van der Waals surface area contributed by atoms with Gasteiger partial charge in [0.1, 0.15) is 5.82 Å². The van der Waals surface area contributed by atoms with Crippen LogP contribution in [-0.4, -0.2) is 16.1 Å². The first-order valence-corrected chi connectivity index (χ1v) is 6.53. The molecule has 1 aromatic heterocycles. The van der Waals surface area contributed by atoms with Gasteiger partial charge in [0.05, 0.1) is 6.33 Å². The van der Waals surface area contributed by atoms with Crippen molar-refractivity contribution >= 4 is 0 Å². The van der Waals surface area contributed by atoms with Crippen LogP contribution >= 0.6 is 0 Å². The Morgan fingerprint density at radius 1 is 1.37 bits per heavy atom. The minimum absolute atomic E-state index is 0.190. The standard InChI is InChI=1S/C15H20FN3/c1-10(2)13(7-17)15-8-18-9-19(15)12-4-5-14(16)11(3)6-12/h4-6,8-10,13H,7,17H2,1-3H3. The summed E-state index contributed by atoms with van der Waals surface area (Å²) in [6.45, 7) is 6.62. The second-order valence-electron chi connectivity index (χ2n) is 5.21. The number of benzene rings is 1. The maximum Gasteiger partial charge on any atom is 0.126 e. The largest absolute Gasteiger partial charge is 0.330 e. The molecule has 1 heterocycles. The second kappa shape index (κ2) is 5.53. The maximum atomic E-state index is 13.3. The Morgan fingerprint density at radius 3 is 2.68 bits per heavy atom. The van der Waals surface area contributed by atoms with Gasteiger partial charge in [-0.05, 0) is 36.6 Å². The van der Waals surface area contributed by atoms with Crippen LogP contribution in [0.15, 0.2) is 30.7 Å². The van der Waals surface area contributed by atoms with E-state index in [0.29, 0.717) is 18.0 Å². The SMILES string of the molecule is Cc1cc(-n2cncc2C(CN)C(C)C)ccc1F. The fraction of sp³-hybridized carbons (Fsp3) is 0.400. The van der Waals surface area contributed by atoms with Gasteiger partial charge < -0.3 is 10.3 Å². The normalized spacial score (nSPS) is 12.9. The molecule has 0 aliphatic carbocycles.